The van der Waals surface area contributed by atoms with Gasteiger partial charge in [-0.15, -0.1) is 0 Å². The fraction of sp³-hybridized carbons (Fsp3) is 0.545. The second-order valence-electron chi connectivity index (χ2n) is 3.85. The van der Waals surface area contributed by atoms with Gasteiger partial charge in [-0.25, -0.2) is 0 Å². The zero-order chi connectivity index (χ0) is 8.60. The molecule has 0 bridgehead atoms. The molecule has 0 aliphatic heterocycles. The summed E-state index contributed by atoms with van der Waals surface area (Å²) in [7, 11) is 0. The SMILES string of the molecule is CC12C=CCC=C1CCCC2=O. The molecule has 2 aliphatic rings. The standard InChI is InChI=1S/C11H14O/c1-11-8-3-2-5-9(11)6-4-7-10(11)12/h3,5,8H,2,4,6-7H2,1H3. The largest absolute Gasteiger partial charge is 0.298 e. The second-order valence-corrected chi connectivity index (χ2v) is 3.85. The predicted octanol–water partition coefficient (Wildman–Crippen LogP) is 2.63. The lowest BCUT2D eigenvalue weighted by Crippen LogP contribution is -2.32. The van der Waals surface area contributed by atoms with E-state index in [9.17, 15) is 4.79 Å². The van der Waals surface area contributed by atoms with Gasteiger partial charge >= 0.3 is 0 Å². The highest BCUT2D eigenvalue weighted by Gasteiger charge is 2.37. The van der Waals surface area contributed by atoms with Crippen LogP contribution in [0.2, 0.25) is 0 Å². The average molecular weight is 162 g/mol. The van der Waals surface area contributed by atoms with Crippen molar-refractivity contribution in [3.05, 3.63) is 23.8 Å². The van der Waals surface area contributed by atoms with Crippen molar-refractivity contribution in [1.29, 1.82) is 0 Å². The van der Waals surface area contributed by atoms with Gasteiger partial charge in [0.25, 0.3) is 0 Å². The minimum Gasteiger partial charge on any atom is -0.298 e. The summed E-state index contributed by atoms with van der Waals surface area (Å²) in [6, 6.07) is 0. The summed E-state index contributed by atoms with van der Waals surface area (Å²) in [6.07, 6.45) is 10.4. The Morgan fingerprint density at radius 1 is 1.42 bits per heavy atom. The molecule has 1 atom stereocenters. The lowest BCUT2D eigenvalue weighted by Gasteiger charge is -2.34. The number of hydrogen-bond donors (Lipinski definition) is 0. The summed E-state index contributed by atoms with van der Waals surface area (Å²) in [5.74, 6) is 0.399. The molecule has 1 heteroatoms. The molecule has 1 nitrogen and oxygen atoms in total. The summed E-state index contributed by atoms with van der Waals surface area (Å²) in [4.78, 5) is 11.7. The van der Waals surface area contributed by atoms with Crippen molar-refractivity contribution in [1.82, 2.24) is 0 Å². The van der Waals surface area contributed by atoms with Gasteiger partial charge in [0.05, 0.1) is 5.41 Å². The van der Waals surface area contributed by atoms with Gasteiger partial charge in [0.15, 0.2) is 0 Å². The molecule has 2 rings (SSSR count). The molecule has 0 N–H and O–H groups in total. The first-order valence-electron chi connectivity index (χ1n) is 4.64. The topological polar surface area (TPSA) is 17.1 Å². The van der Waals surface area contributed by atoms with Gasteiger partial charge in [0.2, 0.25) is 0 Å². The number of carbonyl (C=O) groups is 1. The molecule has 0 saturated heterocycles. The van der Waals surface area contributed by atoms with Crippen molar-refractivity contribution in [2.24, 2.45) is 5.41 Å². The van der Waals surface area contributed by atoms with Gasteiger partial charge in [-0.05, 0) is 26.2 Å². The Hall–Kier alpha value is -0.850. The van der Waals surface area contributed by atoms with Crippen molar-refractivity contribution in [3.8, 4) is 0 Å². The number of hydrogen-bond acceptors (Lipinski definition) is 1. The van der Waals surface area contributed by atoms with Crippen LogP contribution in [0.5, 0.6) is 0 Å². The van der Waals surface area contributed by atoms with E-state index in [0.717, 1.165) is 25.7 Å². The molecule has 1 fully saturated rings. The molecular formula is C11H14O. The summed E-state index contributed by atoms with van der Waals surface area (Å²) < 4.78 is 0. The van der Waals surface area contributed by atoms with E-state index in [1.807, 2.05) is 0 Å². The summed E-state index contributed by atoms with van der Waals surface area (Å²) >= 11 is 0. The van der Waals surface area contributed by atoms with E-state index in [4.69, 9.17) is 0 Å². The predicted molar refractivity (Wildman–Crippen MR) is 48.8 cm³/mol. The van der Waals surface area contributed by atoms with E-state index in [0.29, 0.717) is 5.78 Å². The zero-order valence-corrected chi connectivity index (χ0v) is 7.47. The molecule has 1 unspecified atom stereocenters. The van der Waals surface area contributed by atoms with Crippen molar-refractivity contribution >= 4 is 5.78 Å². The van der Waals surface area contributed by atoms with Crippen LogP contribution in [0.3, 0.4) is 0 Å². The fourth-order valence-electron chi connectivity index (χ4n) is 2.17. The van der Waals surface area contributed by atoms with Crippen LogP contribution >= 0.6 is 0 Å². The third kappa shape index (κ3) is 0.961. The minimum absolute atomic E-state index is 0.226. The molecule has 0 aromatic heterocycles. The number of ketones is 1. The normalized spacial score (nSPS) is 34.4. The van der Waals surface area contributed by atoms with Crippen LogP contribution in [0.1, 0.15) is 32.6 Å². The summed E-state index contributed by atoms with van der Waals surface area (Å²) in [5, 5.41) is 0. The lowest BCUT2D eigenvalue weighted by atomic mass is 9.68. The van der Waals surface area contributed by atoms with Gasteiger partial charge in [0, 0.05) is 6.42 Å². The third-order valence-electron chi connectivity index (χ3n) is 3.05. The maximum absolute atomic E-state index is 11.7. The summed E-state index contributed by atoms with van der Waals surface area (Å²) in [6.45, 7) is 2.05. The molecule has 0 amide bonds. The van der Waals surface area contributed by atoms with Crippen molar-refractivity contribution in [3.63, 3.8) is 0 Å². The molecular weight excluding hydrogens is 148 g/mol. The maximum Gasteiger partial charge on any atom is 0.146 e. The molecule has 12 heavy (non-hydrogen) atoms. The maximum atomic E-state index is 11.7. The Bertz CT molecular complexity index is 273. The zero-order valence-electron chi connectivity index (χ0n) is 7.47. The van der Waals surface area contributed by atoms with E-state index in [-0.39, 0.29) is 5.41 Å². The van der Waals surface area contributed by atoms with Crippen LogP contribution in [0.25, 0.3) is 0 Å². The van der Waals surface area contributed by atoms with Gasteiger partial charge in [-0.1, -0.05) is 23.8 Å². The number of fused-ring (bicyclic) bond motifs is 1. The molecule has 64 valence electrons. The van der Waals surface area contributed by atoms with Crippen molar-refractivity contribution in [2.45, 2.75) is 32.6 Å². The molecule has 0 aromatic carbocycles. The van der Waals surface area contributed by atoms with E-state index >= 15 is 0 Å². The molecule has 0 spiro atoms. The third-order valence-corrected chi connectivity index (χ3v) is 3.05. The quantitative estimate of drug-likeness (QED) is 0.500. The molecule has 0 radical (unpaired) electrons. The number of carbonyl (C=O) groups excluding carboxylic acids is 1. The minimum atomic E-state index is -0.226. The second kappa shape index (κ2) is 2.58. The summed E-state index contributed by atoms with van der Waals surface area (Å²) in [5.41, 5.74) is 1.12. The lowest BCUT2D eigenvalue weighted by molar-refractivity contribution is -0.125. The number of Topliss-reactive ketones (excluding diaryl/α,β-unsaturated/α-hetero) is 1. The highest BCUT2D eigenvalue weighted by molar-refractivity contribution is 5.90. The molecule has 0 heterocycles. The highest BCUT2D eigenvalue weighted by atomic mass is 16.1. The van der Waals surface area contributed by atoms with Gasteiger partial charge in [-0.3, -0.25) is 4.79 Å². The monoisotopic (exact) mass is 162 g/mol. The first-order valence-corrected chi connectivity index (χ1v) is 4.64. The van der Waals surface area contributed by atoms with Crippen molar-refractivity contribution in [2.75, 3.05) is 0 Å². The van der Waals surface area contributed by atoms with Gasteiger partial charge in [-0.2, -0.15) is 0 Å². The Labute approximate surface area is 73.2 Å². The van der Waals surface area contributed by atoms with E-state index in [1.165, 1.54) is 5.57 Å². The molecule has 0 aromatic rings. The average Bonchev–Trinajstić information content (AvgIpc) is 2.07. The van der Waals surface area contributed by atoms with E-state index < -0.39 is 0 Å². The Morgan fingerprint density at radius 3 is 3.00 bits per heavy atom. The van der Waals surface area contributed by atoms with Crippen LogP contribution in [0.15, 0.2) is 23.8 Å². The Kier molecular flexibility index (Phi) is 1.67. The molecule has 2 aliphatic carbocycles. The van der Waals surface area contributed by atoms with Crippen LogP contribution in [0, 0.1) is 5.41 Å². The van der Waals surface area contributed by atoms with Gasteiger partial charge in [0.1, 0.15) is 5.78 Å². The van der Waals surface area contributed by atoms with Gasteiger partial charge < -0.3 is 0 Å². The molecule has 1 saturated carbocycles. The van der Waals surface area contributed by atoms with Crippen LogP contribution in [-0.2, 0) is 4.79 Å². The smallest absolute Gasteiger partial charge is 0.146 e. The van der Waals surface area contributed by atoms with Crippen molar-refractivity contribution < 1.29 is 4.79 Å². The van der Waals surface area contributed by atoms with Crippen LogP contribution in [0.4, 0.5) is 0 Å². The number of rotatable bonds is 0. The van der Waals surface area contributed by atoms with E-state index in [1.54, 1.807) is 0 Å². The Morgan fingerprint density at radius 2 is 2.25 bits per heavy atom. The first kappa shape index (κ1) is 7.78. The van der Waals surface area contributed by atoms with Crippen LogP contribution in [-0.4, -0.2) is 5.78 Å². The first-order chi connectivity index (χ1) is 5.73. The Balaban J connectivity index is 2.39. The van der Waals surface area contributed by atoms with Crippen LogP contribution < -0.4 is 0 Å². The fourth-order valence-corrected chi connectivity index (χ4v) is 2.17. The number of allylic oxidation sites excluding steroid dienone is 4. The highest BCUT2D eigenvalue weighted by Crippen LogP contribution is 2.41. The van der Waals surface area contributed by atoms with E-state index in [2.05, 4.69) is 25.2 Å².